The standard InChI is InChI=1S/C25H42N4O2.HI/c1-4-26-25(27-12-8-21-9-13-29(5-2)14-10-21)28-17-23-7-6-20(3)16-24(23)31-19-22-11-15-30-18-22;/h6-7,16,21-22H,4-5,8-15,17-19H2,1-3H3,(H2,26,27,28);1H. The van der Waals surface area contributed by atoms with Gasteiger partial charge >= 0.3 is 0 Å². The molecule has 2 heterocycles. The normalized spacial score (nSPS) is 20.1. The molecule has 32 heavy (non-hydrogen) atoms. The zero-order valence-electron chi connectivity index (χ0n) is 20.2. The van der Waals surface area contributed by atoms with Crippen LogP contribution in [0.2, 0.25) is 0 Å². The van der Waals surface area contributed by atoms with E-state index in [1.165, 1.54) is 44.5 Å². The zero-order chi connectivity index (χ0) is 21.9. The Hall–Kier alpha value is -1.06. The number of ether oxygens (including phenoxy) is 2. The number of hydrogen-bond acceptors (Lipinski definition) is 4. The minimum atomic E-state index is 0. The lowest BCUT2D eigenvalue weighted by Crippen LogP contribution is -2.39. The Bertz CT molecular complexity index is 687. The molecule has 7 heteroatoms. The van der Waals surface area contributed by atoms with E-state index in [2.05, 4.69) is 54.5 Å². The average molecular weight is 559 g/mol. The number of piperidine rings is 1. The third-order valence-corrected chi connectivity index (χ3v) is 6.47. The second-order valence-corrected chi connectivity index (χ2v) is 8.94. The van der Waals surface area contributed by atoms with E-state index in [4.69, 9.17) is 14.5 Å². The number of halogens is 1. The topological polar surface area (TPSA) is 58.1 Å². The highest BCUT2D eigenvalue weighted by Crippen LogP contribution is 2.23. The molecule has 1 unspecified atom stereocenters. The van der Waals surface area contributed by atoms with Gasteiger partial charge in [-0.1, -0.05) is 19.1 Å². The summed E-state index contributed by atoms with van der Waals surface area (Å²) in [6, 6.07) is 6.41. The molecule has 1 atom stereocenters. The molecule has 182 valence electrons. The summed E-state index contributed by atoms with van der Waals surface area (Å²) in [5.41, 5.74) is 2.35. The molecule has 2 N–H and O–H groups in total. The van der Waals surface area contributed by atoms with Crippen molar-refractivity contribution >= 4 is 29.9 Å². The van der Waals surface area contributed by atoms with Crippen molar-refractivity contribution in [2.45, 2.75) is 53.0 Å². The van der Waals surface area contributed by atoms with Crippen molar-refractivity contribution in [2.24, 2.45) is 16.8 Å². The molecular formula is C25H43IN4O2. The number of nitrogens with zero attached hydrogens (tertiary/aromatic N) is 2. The van der Waals surface area contributed by atoms with Gasteiger partial charge in [-0.25, -0.2) is 4.99 Å². The van der Waals surface area contributed by atoms with E-state index in [0.29, 0.717) is 12.5 Å². The molecule has 2 saturated heterocycles. The monoisotopic (exact) mass is 558 g/mol. The van der Waals surface area contributed by atoms with Crippen molar-refractivity contribution in [1.82, 2.24) is 15.5 Å². The minimum absolute atomic E-state index is 0. The Balaban J connectivity index is 0.00000363. The summed E-state index contributed by atoms with van der Waals surface area (Å²) in [4.78, 5) is 7.40. The molecule has 1 aromatic carbocycles. The maximum absolute atomic E-state index is 6.18. The van der Waals surface area contributed by atoms with E-state index in [-0.39, 0.29) is 24.0 Å². The number of aliphatic imine (C=N–C) groups is 1. The van der Waals surface area contributed by atoms with Gasteiger partial charge in [0.15, 0.2) is 5.96 Å². The molecule has 0 aromatic heterocycles. The third kappa shape index (κ3) is 9.06. The van der Waals surface area contributed by atoms with Gasteiger partial charge < -0.3 is 25.0 Å². The van der Waals surface area contributed by atoms with E-state index < -0.39 is 0 Å². The van der Waals surface area contributed by atoms with Crippen LogP contribution in [0.5, 0.6) is 5.75 Å². The summed E-state index contributed by atoms with van der Waals surface area (Å²) in [5, 5.41) is 6.93. The number of benzene rings is 1. The van der Waals surface area contributed by atoms with Crippen LogP contribution >= 0.6 is 24.0 Å². The average Bonchev–Trinajstić information content (AvgIpc) is 3.31. The first kappa shape index (κ1) is 27.2. The van der Waals surface area contributed by atoms with Crippen molar-refractivity contribution in [3.8, 4) is 5.75 Å². The van der Waals surface area contributed by atoms with Gasteiger partial charge in [-0.2, -0.15) is 0 Å². The van der Waals surface area contributed by atoms with Crippen molar-refractivity contribution in [2.75, 3.05) is 52.5 Å². The maximum Gasteiger partial charge on any atom is 0.191 e. The Labute approximate surface area is 211 Å². The molecule has 3 rings (SSSR count). The van der Waals surface area contributed by atoms with Gasteiger partial charge in [0.05, 0.1) is 19.8 Å². The second kappa shape index (κ2) is 15.0. The molecule has 0 amide bonds. The van der Waals surface area contributed by atoms with Gasteiger partial charge in [-0.3, -0.25) is 0 Å². The SMILES string of the molecule is CCNC(=NCc1ccc(C)cc1OCC1CCOC1)NCCC1CCN(CC)CC1.I. The molecule has 0 spiro atoms. The summed E-state index contributed by atoms with van der Waals surface area (Å²) in [5.74, 6) is 3.17. The van der Waals surface area contributed by atoms with Crippen LogP contribution < -0.4 is 15.4 Å². The smallest absolute Gasteiger partial charge is 0.191 e. The van der Waals surface area contributed by atoms with Crippen LogP contribution in [-0.2, 0) is 11.3 Å². The van der Waals surface area contributed by atoms with E-state index in [9.17, 15) is 0 Å². The molecule has 0 bridgehead atoms. The summed E-state index contributed by atoms with van der Waals surface area (Å²) >= 11 is 0. The van der Waals surface area contributed by atoms with E-state index >= 15 is 0 Å². The van der Waals surface area contributed by atoms with Crippen LogP contribution in [0.4, 0.5) is 0 Å². The Kier molecular flexibility index (Phi) is 12.7. The van der Waals surface area contributed by atoms with E-state index in [1.807, 2.05) is 0 Å². The van der Waals surface area contributed by atoms with Gasteiger partial charge in [0.25, 0.3) is 0 Å². The number of hydrogen-bond donors (Lipinski definition) is 2. The fraction of sp³-hybridized carbons (Fsp3) is 0.720. The van der Waals surface area contributed by atoms with Crippen LogP contribution in [0.1, 0.15) is 50.7 Å². The van der Waals surface area contributed by atoms with Crippen LogP contribution in [0, 0.1) is 18.8 Å². The predicted molar refractivity (Wildman–Crippen MR) is 143 cm³/mol. The summed E-state index contributed by atoms with van der Waals surface area (Å²) in [6.07, 6.45) is 4.94. The highest BCUT2D eigenvalue weighted by Gasteiger charge is 2.18. The highest BCUT2D eigenvalue weighted by molar-refractivity contribution is 14.0. The van der Waals surface area contributed by atoms with E-state index in [0.717, 1.165) is 62.5 Å². The van der Waals surface area contributed by atoms with Gasteiger partial charge in [-0.15, -0.1) is 24.0 Å². The molecule has 2 aliphatic rings. The Morgan fingerprint density at radius 1 is 1.16 bits per heavy atom. The molecular weight excluding hydrogens is 515 g/mol. The molecule has 2 aliphatic heterocycles. The Morgan fingerprint density at radius 3 is 2.66 bits per heavy atom. The zero-order valence-corrected chi connectivity index (χ0v) is 22.5. The van der Waals surface area contributed by atoms with Crippen molar-refractivity contribution < 1.29 is 9.47 Å². The van der Waals surface area contributed by atoms with E-state index in [1.54, 1.807) is 0 Å². The summed E-state index contributed by atoms with van der Waals surface area (Å²) in [6.45, 7) is 15.0. The Morgan fingerprint density at radius 2 is 1.97 bits per heavy atom. The number of rotatable bonds is 10. The minimum Gasteiger partial charge on any atom is -0.493 e. The molecule has 6 nitrogen and oxygen atoms in total. The number of guanidine groups is 1. The fourth-order valence-electron chi connectivity index (χ4n) is 4.34. The van der Waals surface area contributed by atoms with Gasteiger partial charge in [0.2, 0.25) is 0 Å². The molecule has 0 saturated carbocycles. The summed E-state index contributed by atoms with van der Waals surface area (Å²) in [7, 11) is 0. The van der Waals surface area contributed by atoms with Crippen LogP contribution in [-0.4, -0.2) is 63.4 Å². The first-order chi connectivity index (χ1) is 15.2. The molecule has 2 fully saturated rings. The summed E-state index contributed by atoms with van der Waals surface area (Å²) < 4.78 is 11.7. The maximum atomic E-state index is 6.18. The molecule has 0 radical (unpaired) electrons. The van der Waals surface area contributed by atoms with Crippen molar-refractivity contribution in [1.29, 1.82) is 0 Å². The molecule has 0 aliphatic carbocycles. The first-order valence-corrected chi connectivity index (χ1v) is 12.2. The number of nitrogens with one attached hydrogen (secondary N) is 2. The lowest BCUT2D eigenvalue weighted by molar-refractivity contribution is 0.166. The second-order valence-electron chi connectivity index (χ2n) is 8.94. The van der Waals surface area contributed by atoms with Gasteiger partial charge in [0.1, 0.15) is 5.75 Å². The fourth-order valence-corrected chi connectivity index (χ4v) is 4.34. The van der Waals surface area contributed by atoms with Gasteiger partial charge in [-0.05, 0) is 76.7 Å². The largest absolute Gasteiger partial charge is 0.493 e. The first-order valence-electron chi connectivity index (χ1n) is 12.2. The van der Waals surface area contributed by atoms with Gasteiger partial charge in [0, 0.05) is 31.2 Å². The van der Waals surface area contributed by atoms with Crippen LogP contribution in [0.15, 0.2) is 23.2 Å². The lowest BCUT2D eigenvalue weighted by Gasteiger charge is -2.31. The van der Waals surface area contributed by atoms with Crippen LogP contribution in [0.3, 0.4) is 0 Å². The predicted octanol–water partition coefficient (Wildman–Crippen LogP) is 4.21. The van der Waals surface area contributed by atoms with Crippen molar-refractivity contribution in [3.63, 3.8) is 0 Å². The quantitative estimate of drug-likeness (QED) is 0.256. The van der Waals surface area contributed by atoms with Crippen LogP contribution in [0.25, 0.3) is 0 Å². The highest BCUT2D eigenvalue weighted by atomic mass is 127. The number of aryl methyl sites for hydroxylation is 1. The third-order valence-electron chi connectivity index (χ3n) is 6.47. The lowest BCUT2D eigenvalue weighted by atomic mass is 9.93. The molecule has 1 aromatic rings. The van der Waals surface area contributed by atoms with Crippen molar-refractivity contribution in [3.05, 3.63) is 29.3 Å². The number of likely N-dealkylation sites (tertiary alicyclic amines) is 1.